The van der Waals surface area contributed by atoms with Crippen molar-refractivity contribution in [1.82, 2.24) is 10.3 Å². The van der Waals surface area contributed by atoms with E-state index in [0.29, 0.717) is 5.39 Å². The number of carbonyl (C=O) groups excluding carboxylic acids is 1. The van der Waals surface area contributed by atoms with Crippen molar-refractivity contribution in [2.75, 3.05) is 0 Å². The Morgan fingerprint density at radius 2 is 1.91 bits per heavy atom. The summed E-state index contributed by atoms with van der Waals surface area (Å²) in [6, 6.07) is 6.43. The number of hydrogen-bond acceptors (Lipinski definition) is 4. The number of rotatable bonds is 3. The SMILES string of the molecule is O=C(NC1CCCCCC1)c1nccc2ccc([N+](=O)[O-])cc12. The lowest BCUT2D eigenvalue weighted by Crippen LogP contribution is -2.35. The van der Waals surface area contributed by atoms with Crippen molar-refractivity contribution in [3.8, 4) is 0 Å². The number of pyridine rings is 1. The first kappa shape index (κ1) is 15.4. The Morgan fingerprint density at radius 3 is 2.61 bits per heavy atom. The third-order valence-corrected chi connectivity index (χ3v) is 4.37. The van der Waals surface area contributed by atoms with Gasteiger partial charge in [-0.05, 0) is 30.4 Å². The number of nitrogens with one attached hydrogen (secondary N) is 1. The molecule has 1 heterocycles. The van der Waals surface area contributed by atoms with Crippen molar-refractivity contribution in [2.45, 2.75) is 44.6 Å². The van der Waals surface area contributed by atoms with E-state index in [1.165, 1.54) is 25.0 Å². The number of hydrogen-bond donors (Lipinski definition) is 1. The van der Waals surface area contributed by atoms with Gasteiger partial charge in [-0.25, -0.2) is 0 Å². The van der Waals surface area contributed by atoms with Crippen LogP contribution in [0.5, 0.6) is 0 Å². The van der Waals surface area contributed by atoms with Gasteiger partial charge in [-0.15, -0.1) is 0 Å². The van der Waals surface area contributed by atoms with Gasteiger partial charge in [-0.3, -0.25) is 19.9 Å². The lowest BCUT2D eigenvalue weighted by Gasteiger charge is -2.16. The molecule has 0 unspecified atom stereocenters. The number of benzene rings is 1. The van der Waals surface area contributed by atoms with Crippen molar-refractivity contribution < 1.29 is 9.72 Å². The fourth-order valence-electron chi connectivity index (χ4n) is 3.13. The standard InChI is InChI=1S/C17H19N3O3/c21-17(19-13-5-3-1-2-4-6-13)16-15-11-14(20(22)23)8-7-12(15)9-10-18-16/h7-11,13H,1-6H2,(H,19,21). The van der Waals surface area contributed by atoms with Crippen LogP contribution in [0, 0.1) is 10.1 Å². The summed E-state index contributed by atoms with van der Waals surface area (Å²) < 4.78 is 0. The van der Waals surface area contributed by atoms with Gasteiger partial charge in [0.15, 0.2) is 0 Å². The van der Waals surface area contributed by atoms with Gasteiger partial charge in [0, 0.05) is 29.8 Å². The predicted molar refractivity (Wildman–Crippen MR) is 87.4 cm³/mol. The van der Waals surface area contributed by atoms with Gasteiger partial charge in [0.1, 0.15) is 5.69 Å². The van der Waals surface area contributed by atoms with Crippen LogP contribution in [0.2, 0.25) is 0 Å². The molecule has 1 N–H and O–H groups in total. The van der Waals surface area contributed by atoms with Gasteiger partial charge >= 0.3 is 0 Å². The van der Waals surface area contributed by atoms with Crippen molar-refractivity contribution in [3.05, 3.63) is 46.3 Å². The summed E-state index contributed by atoms with van der Waals surface area (Å²) in [6.07, 6.45) is 8.21. The van der Waals surface area contributed by atoms with Gasteiger partial charge in [-0.1, -0.05) is 25.7 Å². The number of non-ortho nitro benzene ring substituents is 1. The number of fused-ring (bicyclic) bond motifs is 1. The van der Waals surface area contributed by atoms with Crippen molar-refractivity contribution in [2.24, 2.45) is 0 Å². The molecule has 120 valence electrons. The quantitative estimate of drug-likeness (QED) is 0.533. The monoisotopic (exact) mass is 313 g/mol. The normalized spacial score (nSPS) is 16.0. The maximum Gasteiger partial charge on any atom is 0.270 e. The number of nitro benzene ring substituents is 1. The summed E-state index contributed by atoms with van der Waals surface area (Å²) in [5.41, 5.74) is 0.226. The van der Waals surface area contributed by atoms with Crippen LogP contribution in [0.25, 0.3) is 10.8 Å². The molecule has 6 heteroatoms. The summed E-state index contributed by atoms with van der Waals surface area (Å²) >= 11 is 0. The summed E-state index contributed by atoms with van der Waals surface area (Å²) in [4.78, 5) is 27.2. The Hall–Kier alpha value is -2.50. The van der Waals surface area contributed by atoms with Crippen LogP contribution >= 0.6 is 0 Å². The first-order valence-electron chi connectivity index (χ1n) is 7.99. The molecule has 1 amide bonds. The minimum Gasteiger partial charge on any atom is -0.348 e. The Kier molecular flexibility index (Phi) is 4.50. The molecule has 0 saturated heterocycles. The van der Waals surface area contributed by atoms with Crippen LogP contribution in [0.15, 0.2) is 30.5 Å². The second-order valence-corrected chi connectivity index (χ2v) is 5.98. The Morgan fingerprint density at radius 1 is 1.17 bits per heavy atom. The van der Waals surface area contributed by atoms with E-state index in [1.807, 2.05) is 0 Å². The van der Waals surface area contributed by atoms with Gasteiger partial charge in [0.05, 0.1) is 4.92 Å². The molecule has 0 bridgehead atoms. The van der Waals surface area contributed by atoms with Crippen molar-refractivity contribution >= 4 is 22.4 Å². The van der Waals surface area contributed by atoms with E-state index in [1.54, 1.807) is 18.3 Å². The fourth-order valence-corrected chi connectivity index (χ4v) is 3.13. The zero-order valence-corrected chi connectivity index (χ0v) is 12.8. The predicted octanol–water partition coefficient (Wildman–Crippen LogP) is 3.60. The van der Waals surface area contributed by atoms with E-state index in [2.05, 4.69) is 10.3 Å². The second kappa shape index (κ2) is 6.73. The van der Waals surface area contributed by atoms with E-state index in [4.69, 9.17) is 0 Å². The smallest absolute Gasteiger partial charge is 0.270 e. The largest absolute Gasteiger partial charge is 0.348 e. The molecule has 0 spiro atoms. The maximum absolute atomic E-state index is 12.6. The van der Waals surface area contributed by atoms with Crippen LogP contribution in [-0.2, 0) is 0 Å². The molecule has 1 fully saturated rings. The maximum atomic E-state index is 12.6. The second-order valence-electron chi connectivity index (χ2n) is 5.98. The van der Waals surface area contributed by atoms with E-state index in [9.17, 15) is 14.9 Å². The van der Waals surface area contributed by atoms with Crippen LogP contribution in [0.4, 0.5) is 5.69 Å². The molecular weight excluding hydrogens is 294 g/mol. The highest BCUT2D eigenvalue weighted by Gasteiger charge is 2.19. The minimum atomic E-state index is -0.459. The van der Waals surface area contributed by atoms with Crippen LogP contribution in [-0.4, -0.2) is 21.9 Å². The molecule has 0 atom stereocenters. The minimum absolute atomic E-state index is 0.0333. The molecule has 0 radical (unpaired) electrons. The topological polar surface area (TPSA) is 85.1 Å². The van der Waals surface area contributed by atoms with Crippen LogP contribution in [0.1, 0.15) is 49.0 Å². The van der Waals surface area contributed by atoms with Gasteiger partial charge in [-0.2, -0.15) is 0 Å². The first-order valence-corrected chi connectivity index (χ1v) is 7.99. The molecule has 1 aliphatic rings. The highest BCUT2D eigenvalue weighted by atomic mass is 16.6. The van der Waals surface area contributed by atoms with Gasteiger partial charge in [0.2, 0.25) is 0 Å². The Bertz CT molecular complexity index is 737. The summed E-state index contributed by atoms with van der Waals surface area (Å²) in [7, 11) is 0. The fraction of sp³-hybridized carbons (Fsp3) is 0.412. The molecular formula is C17H19N3O3. The first-order chi connectivity index (χ1) is 11.1. The lowest BCUT2D eigenvalue weighted by molar-refractivity contribution is -0.384. The number of nitro groups is 1. The average Bonchev–Trinajstić information content (AvgIpc) is 2.82. The Labute approximate surface area is 134 Å². The number of carbonyl (C=O) groups is 1. The molecule has 6 nitrogen and oxygen atoms in total. The van der Waals surface area contributed by atoms with E-state index < -0.39 is 4.92 Å². The van der Waals surface area contributed by atoms with Crippen molar-refractivity contribution in [3.63, 3.8) is 0 Å². The molecule has 1 aromatic heterocycles. The van der Waals surface area contributed by atoms with Crippen molar-refractivity contribution in [1.29, 1.82) is 0 Å². The zero-order valence-electron chi connectivity index (χ0n) is 12.8. The molecule has 0 aliphatic heterocycles. The molecule has 2 aromatic rings. The molecule has 1 aliphatic carbocycles. The van der Waals surface area contributed by atoms with Crippen LogP contribution < -0.4 is 5.32 Å². The van der Waals surface area contributed by atoms with Crippen LogP contribution in [0.3, 0.4) is 0 Å². The molecule has 1 saturated carbocycles. The number of amides is 1. The third-order valence-electron chi connectivity index (χ3n) is 4.37. The summed E-state index contributed by atoms with van der Waals surface area (Å²) in [5.74, 6) is -0.247. The number of nitrogens with zero attached hydrogens (tertiary/aromatic N) is 2. The van der Waals surface area contributed by atoms with Gasteiger partial charge in [0.25, 0.3) is 11.6 Å². The molecule has 23 heavy (non-hydrogen) atoms. The summed E-state index contributed by atoms with van der Waals surface area (Å²) in [6.45, 7) is 0. The molecule has 3 rings (SSSR count). The lowest BCUT2D eigenvalue weighted by atomic mass is 10.1. The Balaban J connectivity index is 1.89. The van der Waals surface area contributed by atoms with E-state index in [0.717, 1.165) is 31.1 Å². The highest BCUT2D eigenvalue weighted by molar-refractivity contribution is 6.05. The number of aromatic nitrogens is 1. The third kappa shape index (κ3) is 3.47. The van der Waals surface area contributed by atoms with E-state index in [-0.39, 0.29) is 23.3 Å². The zero-order chi connectivity index (χ0) is 16.2. The molecule has 1 aromatic carbocycles. The highest BCUT2D eigenvalue weighted by Crippen LogP contribution is 2.23. The van der Waals surface area contributed by atoms with Gasteiger partial charge < -0.3 is 5.32 Å². The summed E-state index contributed by atoms with van der Waals surface area (Å²) in [5, 5.41) is 15.3. The average molecular weight is 313 g/mol. The van der Waals surface area contributed by atoms with E-state index >= 15 is 0 Å².